The van der Waals surface area contributed by atoms with Crippen LogP contribution < -0.4 is 5.73 Å². The van der Waals surface area contributed by atoms with E-state index in [0.717, 1.165) is 12.8 Å². The number of nitrogens with two attached hydrogens (primary N) is 1. The highest BCUT2D eigenvalue weighted by atomic mass is 16.5. The summed E-state index contributed by atoms with van der Waals surface area (Å²) in [6, 6.07) is 0. The normalized spacial score (nSPS) is 24.1. The van der Waals surface area contributed by atoms with Gasteiger partial charge in [-0.05, 0) is 43.6 Å². The van der Waals surface area contributed by atoms with E-state index in [1.165, 1.54) is 38.5 Å². The van der Waals surface area contributed by atoms with E-state index in [1.54, 1.807) is 0 Å². The molecule has 2 fully saturated rings. The zero-order valence-electron chi connectivity index (χ0n) is 10.7. The van der Waals surface area contributed by atoms with Crippen LogP contribution in [0.5, 0.6) is 0 Å². The lowest BCUT2D eigenvalue weighted by molar-refractivity contribution is -0.149. The van der Waals surface area contributed by atoms with Crippen molar-refractivity contribution >= 4 is 5.97 Å². The van der Waals surface area contributed by atoms with Crippen LogP contribution in [0.15, 0.2) is 0 Å². The molecule has 0 saturated heterocycles. The number of hydrogen-bond acceptors (Lipinski definition) is 3. The lowest BCUT2D eigenvalue weighted by atomic mass is 9.67. The number of carbonyl (C=O) groups is 1. The third-order valence-electron chi connectivity index (χ3n) is 4.57. The minimum Gasteiger partial charge on any atom is -0.465 e. The summed E-state index contributed by atoms with van der Waals surface area (Å²) in [7, 11) is 0. The van der Waals surface area contributed by atoms with Gasteiger partial charge in [-0.1, -0.05) is 25.7 Å². The van der Waals surface area contributed by atoms with Gasteiger partial charge in [0.2, 0.25) is 0 Å². The van der Waals surface area contributed by atoms with Crippen LogP contribution in [0, 0.1) is 11.3 Å². The highest BCUT2D eigenvalue weighted by Gasteiger charge is 2.38. The molecule has 0 heterocycles. The quantitative estimate of drug-likeness (QED) is 0.750. The fourth-order valence-electron chi connectivity index (χ4n) is 3.05. The Balaban J connectivity index is 1.66. The van der Waals surface area contributed by atoms with Crippen molar-refractivity contribution in [1.82, 2.24) is 0 Å². The van der Waals surface area contributed by atoms with E-state index < -0.39 is 0 Å². The van der Waals surface area contributed by atoms with Gasteiger partial charge in [-0.2, -0.15) is 0 Å². The van der Waals surface area contributed by atoms with Crippen molar-refractivity contribution in [3.8, 4) is 0 Å². The molecule has 0 aromatic rings. The summed E-state index contributed by atoms with van der Waals surface area (Å²) in [6.07, 6.45) is 10.4. The van der Waals surface area contributed by atoms with Crippen molar-refractivity contribution in [1.29, 1.82) is 0 Å². The zero-order chi connectivity index (χ0) is 12.1. The molecule has 0 radical (unpaired) electrons. The second-order valence-corrected chi connectivity index (χ2v) is 5.92. The van der Waals surface area contributed by atoms with Gasteiger partial charge in [0.05, 0.1) is 13.0 Å². The van der Waals surface area contributed by atoms with Gasteiger partial charge in [0.15, 0.2) is 0 Å². The van der Waals surface area contributed by atoms with E-state index in [2.05, 4.69) is 0 Å². The first-order valence-electron chi connectivity index (χ1n) is 7.10. The SMILES string of the molecule is NCC1(CC(=O)OCC2CCCCC2)CCC1. The molecule has 98 valence electrons. The first-order valence-corrected chi connectivity index (χ1v) is 7.10. The number of carbonyl (C=O) groups excluding carboxylic acids is 1. The highest BCUT2D eigenvalue weighted by molar-refractivity contribution is 5.70. The third kappa shape index (κ3) is 3.44. The minimum absolute atomic E-state index is 0.0271. The fraction of sp³-hybridized carbons (Fsp3) is 0.929. The average Bonchev–Trinajstić information content (AvgIpc) is 2.33. The molecule has 2 saturated carbocycles. The molecule has 17 heavy (non-hydrogen) atoms. The van der Waals surface area contributed by atoms with Gasteiger partial charge in [-0.25, -0.2) is 0 Å². The van der Waals surface area contributed by atoms with E-state index >= 15 is 0 Å². The topological polar surface area (TPSA) is 52.3 Å². The van der Waals surface area contributed by atoms with E-state index in [1.807, 2.05) is 0 Å². The Morgan fingerprint density at radius 2 is 1.88 bits per heavy atom. The minimum atomic E-state index is -0.0271. The monoisotopic (exact) mass is 239 g/mol. The Kier molecular flexibility index (Phi) is 4.43. The second kappa shape index (κ2) is 5.85. The van der Waals surface area contributed by atoms with Crippen molar-refractivity contribution in [3.63, 3.8) is 0 Å². The Morgan fingerprint density at radius 1 is 1.18 bits per heavy atom. The van der Waals surface area contributed by atoms with Gasteiger partial charge < -0.3 is 10.5 Å². The fourth-order valence-corrected chi connectivity index (χ4v) is 3.05. The van der Waals surface area contributed by atoms with Crippen LogP contribution in [-0.2, 0) is 9.53 Å². The molecule has 0 unspecified atom stereocenters. The van der Waals surface area contributed by atoms with Crippen molar-refractivity contribution in [2.75, 3.05) is 13.2 Å². The van der Waals surface area contributed by atoms with Gasteiger partial charge in [0.25, 0.3) is 0 Å². The Hall–Kier alpha value is -0.570. The summed E-state index contributed by atoms with van der Waals surface area (Å²) < 4.78 is 5.42. The van der Waals surface area contributed by atoms with Crippen LogP contribution in [0.4, 0.5) is 0 Å². The molecule has 0 bridgehead atoms. The molecule has 0 spiro atoms. The first kappa shape index (κ1) is 12.9. The van der Waals surface area contributed by atoms with Crippen LogP contribution in [0.1, 0.15) is 57.8 Å². The standard InChI is InChI=1S/C14H25NO2/c15-11-14(7-4-8-14)9-13(16)17-10-12-5-2-1-3-6-12/h12H,1-11,15H2. The van der Waals surface area contributed by atoms with Gasteiger partial charge in [-0.15, -0.1) is 0 Å². The summed E-state index contributed by atoms with van der Waals surface area (Å²) in [5.41, 5.74) is 5.84. The predicted molar refractivity (Wildman–Crippen MR) is 67.5 cm³/mol. The van der Waals surface area contributed by atoms with Crippen molar-refractivity contribution in [2.24, 2.45) is 17.1 Å². The molecule has 2 N–H and O–H groups in total. The number of rotatable bonds is 5. The molecule has 0 aromatic carbocycles. The molecule has 2 aliphatic rings. The highest BCUT2D eigenvalue weighted by Crippen LogP contribution is 2.43. The number of hydrogen-bond donors (Lipinski definition) is 1. The van der Waals surface area contributed by atoms with Crippen molar-refractivity contribution in [3.05, 3.63) is 0 Å². The van der Waals surface area contributed by atoms with Gasteiger partial charge in [-0.3, -0.25) is 4.79 Å². The summed E-state index contributed by atoms with van der Waals surface area (Å²) in [5.74, 6) is 0.587. The average molecular weight is 239 g/mol. The maximum atomic E-state index is 11.8. The van der Waals surface area contributed by atoms with E-state index in [0.29, 0.717) is 25.5 Å². The van der Waals surface area contributed by atoms with E-state index in [9.17, 15) is 4.79 Å². The summed E-state index contributed by atoms with van der Waals surface area (Å²) >= 11 is 0. The van der Waals surface area contributed by atoms with Gasteiger partial charge in [0, 0.05) is 0 Å². The van der Waals surface area contributed by atoms with E-state index in [4.69, 9.17) is 10.5 Å². The van der Waals surface area contributed by atoms with Crippen LogP contribution >= 0.6 is 0 Å². The zero-order valence-corrected chi connectivity index (χ0v) is 10.7. The second-order valence-electron chi connectivity index (χ2n) is 5.92. The van der Waals surface area contributed by atoms with Crippen LogP contribution in [0.25, 0.3) is 0 Å². The summed E-state index contributed by atoms with van der Waals surface area (Å²) in [5, 5.41) is 0. The molecule has 3 nitrogen and oxygen atoms in total. The summed E-state index contributed by atoms with van der Waals surface area (Å²) in [4.78, 5) is 11.8. The summed E-state index contributed by atoms with van der Waals surface area (Å²) in [6.45, 7) is 1.27. The van der Waals surface area contributed by atoms with E-state index in [-0.39, 0.29) is 11.4 Å². The van der Waals surface area contributed by atoms with Crippen LogP contribution in [-0.4, -0.2) is 19.1 Å². The largest absolute Gasteiger partial charge is 0.465 e. The Bertz CT molecular complexity index is 249. The Labute approximate surface area is 104 Å². The Morgan fingerprint density at radius 3 is 2.41 bits per heavy atom. The lowest BCUT2D eigenvalue weighted by Crippen LogP contribution is -2.39. The van der Waals surface area contributed by atoms with Crippen LogP contribution in [0.2, 0.25) is 0 Å². The maximum Gasteiger partial charge on any atom is 0.306 e. The molecular weight excluding hydrogens is 214 g/mol. The predicted octanol–water partition coefficient (Wildman–Crippen LogP) is 2.63. The molecule has 3 heteroatoms. The number of ether oxygens (including phenoxy) is 1. The molecule has 0 atom stereocenters. The molecule has 2 aliphatic carbocycles. The van der Waals surface area contributed by atoms with Gasteiger partial charge >= 0.3 is 5.97 Å². The molecule has 0 aromatic heterocycles. The lowest BCUT2D eigenvalue weighted by Gasteiger charge is -2.40. The third-order valence-corrected chi connectivity index (χ3v) is 4.57. The maximum absolute atomic E-state index is 11.8. The van der Waals surface area contributed by atoms with Gasteiger partial charge in [0.1, 0.15) is 0 Å². The molecule has 2 rings (SSSR count). The molecule has 0 aliphatic heterocycles. The van der Waals surface area contributed by atoms with Crippen LogP contribution in [0.3, 0.4) is 0 Å². The number of esters is 1. The van der Waals surface area contributed by atoms with Crippen molar-refractivity contribution in [2.45, 2.75) is 57.8 Å². The smallest absolute Gasteiger partial charge is 0.306 e. The molecule has 0 amide bonds. The van der Waals surface area contributed by atoms with Crippen molar-refractivity contribution < 1.29 is 9.53 Å². The molecular formula is C14H25NO2. The first-order chi connectivity index (χ1) is 8.24.